The molecule has 3 nitrogen and oxygen atoms in total. The third-order valence-electron chi connectivity index (χ3n) is 2.00. The van der Waals surface area contributed by atoms with Gasteiger partial charge in [-0.05, 0) is 24.1 Å². The van der Waals surface area contributed by atoms with Crippen molar-refractivity contribution in [1.82, 2.24) is 4.98 Å². The average molecular weight is 256 g/mol. The fourth-order valence-electron chi connectivity index (χ4n) is 1.44. The Balaban J connectivity index is 2.45. The first-order chi connectivity index (χ1) is 6.65. The van der Waals surface area contributed by atoms with E-state index >= 15 is 0 Å². The molecule has 14 heavy (non-hydrogen) atoms. The zero-order valence-electron chi connectivity index (χ0n) is 7.71. The van der Waals surface area contributed by atoms with Crippen molar-refractivity contribution in [3.05, 3.63) is 34.3 Å². The molecule has 1 unspecified atom stereocenters. The molecule has 1 aromatic carbocycles. The minimum atomic E-state index is -0.399. The Bertz CT molecular complexity index is 498. The fraction of sp³-hybridized carbons (Fsp3) is 0.300. The van der Waals surface area contributed by atoms with Gasteiger partial charge in [-0.3, -0.25) is 4.98 Å². The maximum Gasteiger partial charge on any atom is 0.417 e. The molecule has 2 aromatic rings. The Morgan fingerprint density at radius 2 is 2.36 bits per heavy atom. The van der Waals surface area contributed by atoms with Gasteiger partial charge in [0.2, 0.25) is 0 Å². The first-order valence-corrected chi connectivity index (χ1v) is 5.32. The van der Waals surface area contributed by atoms with Crippen LogP contribution in [0.15, 0.2) is 27.4 Å². The normalized spacial score (nSPS) is 13.3. The summed E-state index contributed by atoms with van der Waals surface area (Å²) in [7, 11) is 0. The lowest BCUT2D eigenvalue weighted by molar-refractivity contribution is 0.555. The zero-order chi connectivity index (χ0) is 10.1. The first kappa shape index (κ1) is 9.52. The summed E-state index contributed by atoms with van der Waals surface area (Å²) in [6, 6.07) is 5.75. The number of hydrogen-bond donors (Lipinski definition) is 1. The fourth-order valence-corrected chi connectivity index (χ4v) is 1.82. The number of halogens is 1. The standard InChI is InChI=1S/C10H10BrNO2/c1-6(11)4-7-2-3-8-9(5-7)14-10(13)12-8/h2-3,5-6H,4H2,1H3,(H,12,13). The van der Waals surface area contributed by atoms with Crippen molar-refractivity contribution < 1.29 is 4.42 Å². The number of hydrogen-bond acceptors (Lipinski definition) is 2. The van der Waals surface area contributed by atoms with Gasteiger partial charge < -0.3 is 4.42 Å². The van der Waals surface area contributed by atoms with Gasteiger partial charge in [0, 0.05) is 4.83 Å². The number of benzene rings is 1. The van der Waals surface area contributed by atoms with E-state index in [1.165, 1.54) is 0 Å². The Morgan fingerprint density at radius 3 is 3.07 bits per heavy atom. The van der Waals surface area contributed by atoms with Gasteiger partial charge in [-0.25, -0.2) is 4.79 Å². The molecule has 1 heterocycles. The van der Waals surface area contributed by atoms with Crippen molar-refractivity contribution in [2.75, 3.05) is 0 Å². The van der Waals surface area contributed by atoms with E-state index < -0.39 is 5.76 Å². The Hall–Kier alpha value is -1.03. The van der Waals surface area contributed by atoms with E-state index in [2.05, 4.69) is 27.8 Å². The molecular weight excluding hydrogens is 246 g/mol. The Labute approximate surface area is 89.3 Å². The summed E-state index contributed by atoms with van der Waals surface area (Å²) in [5.41, 5.74) is 2.53. The molecule has 0 saturated carbocycles. The van der Waals surface area contributed by atoms with Gasteiger partial charge in [-0.15, -0.1) is 0 Å². The molecule has 0 amide bonds. The number of fused-ring (bicyclic) bond motifs is 1. The van der Waals surface area contributed by atoms with Gasteiger partial charge in [-0.1, -0.05) is 28.9 Å². The molecule has 74 valence electrons. The van der Waals surface area contributed by atoms with Crippen LogP contribution in [0.5, 0.6) is 0 Å². The smallest absolute Gasteiger partial charge is 0.408 e. The zero-order valence-corrected chi connectivity index (χ0v) is 9.30. The summed E-state index contributed by atoms with van der Waals surface area (Å²) in [5.74, 6) is -0.399. The van der Waals surface area contributed by atoms with Gasteiger partial charge >= 0.3 is 5.76 Å². The van der Waals surface area contributed by atoms with Gasteiger partial charge in [0.15, 0.2) is 5.58 Å². The number of aromatic amines is 1. The van der Waals surface area contributed by atoms with Crippen LogP contribution in [0.4, 0.5) is 0 Å². The monoisotopic (exact) mass is 255 g/mol. The lowest BCUT2D eigenvalue weighted by Crippen LogP contribution is -1.95. The number of alkyl halides is 1. The number of aromatic nitrogens is 1. The molecule has 4 heteroatoms. The second kappa shape index (κ2) is 3.61. The molecule has 0 bridgehead atoms. The SMILES string of the molecule is CC(Br)Cc1ccc2[nH]c(=O)oc2c1. The van der Waals surface area contributed by atoms with Crippen molar-refractivity contribution in [2.24, 2.45) is 0 Å². The highest BCUT2D eigenvalue weighted by molar-refractivity contribution is 9.09. The van der Waals surface area contributed by atoms with E-state index in [0.717, 1.165) is 17.5 Å². The predicted molar refractivity (Wildman–Crippen MR) is 58.9 cm³/mol. The summed E-state index contributed by atoms with van der Waals surface area (Å²) in [6.07, 6.45) is 0.921. The largest absolute Gasteiger partial charge is 0.417 e. The van der Waals surface area contributed by atoms with Crippen molar-refractivity contribution >= 4 is 27.0 Å². The summed E-state index contributed by atoms with van der Waals surface area (Å²) < 4.78 is 4.96. The molecule has 1 aromatic heterocycles. The summed E-state index contributed by atoms with van der Waals surface area (Å²) in [6.45, 7) is 2.08. The minimum absolute atomic E-state index is 0.399. The lowest BCUT2D eigenvalue weighted by atomic mass is 10.1. The van der Waals surface area contributed by atoms with E-state index in [0.29, 0.717) is 10.4 Å². The van der Waals surface area contributed by atoms with Crippen LogP contribution in [0.3, 0.4) is 0 Å². The van der Waals surface area contributed by atoms with E-state index in [-0.39, 0.29) is 0 Å². The van der Waals surface area contributed by atoms with Gasteiger partial charge in [0.1, 0.15) is 0 Å². The highest BCUT2D eigenvalue weighted by Gasteiger charge is 2.03. The number of H-pyrrole nitrogens is 1. The van der Waals surface area contributed by atoms with Crippen LogP contribution >= 0.6 is 15.9 Å². The highest BCUT2D eigenvalue weighted by Crippen LogP contribution is 2.15. The third kappa shape index (κ3) is 1.90. The van der Waals surface area contributed by atoms with E-state index in [1.807, 2.05) is 18.2 Å². The molecule has 0 spiro atoms. The Kier molecular flexibility index (Phi) is 2.46. The van der Waals surface area contributed by atoms with Crippen molar-refractivity contribution in [1.29, 1.82) is 0 Å². The van der Waals surface area contributed by atoms with Gasteiger partial charge in [-0.2, -0.15) is 0 Å². The predicted octanol–water partition coefficient (Wildman–Crippen LogP) is 2.45. The molecular formula is C10H10BrNO2. The topological polar surface area (TPSA) is 46.0 Å². The maximum absolute atomic E-state index is 10.9. The summed E-state index contributed by atoms with van der Waals surface area (Å²) in [4.78, 5) is 13.9. The average Bonchev–Trinajstić information content (AvgIpc) is 2.42. The molecule has 0 aliphatic carbocycles. The summed E-state index contributed by atoms with van der Waals surface area (Å²) in [5, 5.41) is 0. The number of oxazole rings is 1. The van der Waals surface area contributed by atoms with Crippen LogP contribution in [0.1, 0.15) is 12.5 Å². The number of nitrogens with one attached hydrogen (secondary N) is 1. The molecule has 0 aliphatic rings. The lowest BCUT2D eigenvalue weighted by Gasteiger charge is -2.01. The number of rotatable bonds is 2. The maximum atomic E-state index is 10.9. The minimum Gasteiger partial charge on any atom is -0.408 e. The van der Waals surface area contributed by atoms with Crippen LogP contribution in [0.25, 0.3) is 11.1 Å². The van der Waals surface area contributed by atoms with Crippen molar-refractivity contribution in [2.45, 2.75) is 18.2 Å². The quantitative estimate of drug-likeness (QED) is 0.839. The van der Waals surface area contributed by atoms with E-state index in [1.54, 1.807) is 0 Å². The van der Waals surface area contributed by atoms with Crippen LogP contribution in [0, 0.1) is 0 Å². The molecule has 0 saturated heterocycles. The van der Waals surface area contributed by atoms with Gasteiger partial charge in [0.05, 0.1) is 5.52 Å². The molecule has 1 N–H and O–H groups in total. The highest BCUT2D eigenvalue weighted by atomic mass is 79.9. The van der Waals surface area contributed by atoms with Crippen LogP contribution in [-0.2, 0) is 6.42 Å². The second-order valence-corrected chi connectivity index (χ2v) is 4.89. The molecule has 0 radical (unpaired) electrons. The van der Waals surface area contributed by atoms with Gasteiger partial charge in [0.25, 0.3) is 0 Å². The van der Waals surface area contributed by atoms with E-state index in [9.17, 15) is 4.79 Å². The molecule has 1 atom stereocenters. The van der Waals surface area contributed by atoms with Crippen molar-refractivity contribution in [3.8, 4) is 0 Å². The molecule has 0 aliphatic heterocycles. The van der Waals surface area contributed by atoms with Crippen LogP contribution < -0.4 is 5.76 Å². The van der Waals surface area contributed by atoms with Crippen LogP contribution in [0.2, 0.25) is 0 Å². The third-order valence-corrected chi connectivity index (χ3v) is 2.33. The van der Waals surface area contributed by atoms with E-state index in [4.69, 9.17) is 4.42 Å². The first-order valence-electron chi connectivity index (χ1n) is 4.41. The van der Waals surface area contributed by atoms with Crippen LogP contribution in [-0.4, -0.2) is 9.81 Å². The molecule has 0 fully saturated rings. The Morgan fingerprint density at radius 1 is 1.57 bits per heavy atom. The summed E-state index contributed by atoms with van der Waals surface area (Å²) >= 11 is 3.48. The van der Waals surface area contributed by atoms with Crippen molar-refractivity contribution in [3.63, 3.8) is 0 Å². The second-order valence-electron chi connectivity index (χ2n) is 3.33. The molecule has 2 rings (SSSR count).